The van der Waals surface area contributed by atoms with Crippen molar-refractivity contribution in [3.05, 3.63) is 112 Å². The van der Waals surface area contributed by atoms with Gasteiger partial charge in [0, 0.05) is 35.8 Å². The van der Waals surface area contributed by atoms with Crippen LogP contribution in [0.25, 0.3) is 10.9 Å². The smallest absolute Gasteiger partial charge is 0.269 e. The van der Waals surface area contributed by atoms with E-state index in [0.717, 1.165) is 27.6 Å². The zero-order valence-electron chi connectivity index (χ0n) is 18.3. The molecule has 0 fully saturated rings. The Labute approximate surface area is 192 Å². The summed E-state index contributed by atoms with van der Waals surface area (Å²) in [6.45, 7) is 2.29. The lowest BCUT2D eigenvalue weighted by atomic mass is 10.0. The molecular formula is C26H26N4O3. The number of nitrogens with zero attached hydrogens (tertiary/aromatic N) is 1. The number of aromatic amines is 1. The third kappa shape index (κ3) is 5.45. The van der Waals surface area contributed by atoms with Crippen molar-refractivity contribution in [1.82, 2.24) is 15.6 Å². The molecule has 0 unspecified atom stereocenters. The summed E-state index contributed by atoms with van der Waals surface area (Å²) in [5.41, 5.74) is 3.85. The number of fused-ring (bicyclic) bond motifs is 1. The van der Waals surface area contributed by atoms with Gasteiger partial charge in [0.15, 0.2) is 0 Å². The fraction of sp³-hybridized carbons (Fsp3) is 0.192. The number of non-ortho nitro benzene ring substituents is 1. The first-order chi connectivity index (χ1) is 16.0. The fourth-order valence-corrected chi connectivity index (χ4v) is 3.94. The molecule has 7 heteroatoms. The molecule has 0 aliphatic rings. The van der Waals surface area contributed by atoms with Crippen molar-refractivity contribution >= 4 is 22.5 Å². The summed E-state index contributed by atoms with van der Waals surface area (Å²) >= 11 is 0. The van der Waals surface area contributed by atoms with E-state index in [4.69, 9.17) is 0 Å². The molecule has 0 saturated carbocycles. The molecule has 0 aliphatic carbocycles. The molecule has 3 aromatic carbocycles. The van der Waals surface area contributed by atoms with Crippen molar-refractivity contribution < 1.29 is 9.72 Å². The van der Waals surface area contributed by atoms with Crippen LogP contribution in [-0.4, -0.2) is 21.9 Å². The van der Waals surface area contributed by atoms with Crippen molar-refractivity contribution in [3.63, 3.8) is 0 Å². The van der Waals surface area contributed by atoms with Crippen molar-refractivity contribution in [2.24, 2.45) is 0 Å². The van der Waals surface area contributed by atoms with Gasteiger partial charge in [0.2, 0.25) is 5.91 Å². The monoisotopic (exact) mass is 442 g/mol. The zero-order chi connectivity index (χ0) is 23.2. The molecule has 0 radical (unpaired) electrons. The second-order valence-electron chi connectivity index (χ2n) is 8.07. The van der Waals surface area contributed by atoms with E-state index in [1.165, 1.54) is 12.1 Å². The van der Waals surface area contributed by atoms with Gasteiger partial charge in [-0.05, 0) is 36.1 Å². The fourth-order valence-electron chi connectivity index (χ4n) is 3.94. The Morgan fingerprint density at radius 3 is 2.58 bits per heavy atom. The Bertz CT molecular complexity index is 1250. The molecule has 0 spiro atoms. The number of para-hydroxylation sites is 1. The van der Waals surface area contributed by atoms with Gasteiger partial charge < -0.3 is 15.6 Å². The first-order valence-electron chi connectivity index (χ1n) is 10.9. The molecule has 2 atom stereocenters. The van der Waals surface area contributed by atoms with E-state index < -0.39 is 11.0 Å². The van der Waals surface area contributed by atoms with E-state index >= 15 is 0 Å². The summed E-state index contributed by atoms with van der Waals surface area (Å²) in [6.07, 6.45) is 2.41. The van der Waals surface area contributed by atoms with Crippen molar-refractivity contribution in [2.75, 3.05) is 0 Å². The van der Waals surface area contributed by atoms with Crippen LogP contribution < -0.4 is 10.6 Å². The van der Waals surface area contributed by atoms with Crippen LogP contribution in [0.3, 0.4) is 0 Å². The number of rotatable bonds is 9. The maximum absolute atomic E-state index is 13.3. The Morgan fingerprint density at radius 1 is 1.03 bits per heavy atom. The Hall–Kier alpha value is -3.97. The van der Waals surface area contributed by atoms with E-state index in [2.05, 4.69) is 15.6 Å². The maximum Gasteiger partial charge on any atom is 0.269 e. The Kier molecular flexibility index (Phi) is 6.80. The van der Waals surface area contributed by atoms with Gasteiger partial charge >= 0.3 is 0 Å². The topological polar surface area (TPSA) is 100 Å². The highest BCUT2D eigenvalue weighted by Crippen LogP contribution is 2.20. The van der Waals surface area contributed by atoms with Crippen LogP contribution in [0.5, 0.6) is 0 Å². The third-order valence-corrected chi connectivity index (χ3v) is 5.75. The predicted octanol–water partition coefficient (Wildman–Crippen LogP) is 4.65. The van der Waals surface area contributed by atoms with Crippen molar-refractivity contribution in [2.45, 2.75) is 32.0 Å². The van der Waals surface area contributed by atoms with E-state index in [1.54, 1.807) is 6.07 Å². The number of carbonyl (C=O) groups excluding carboxylic acids is 1. The van der Waals surface area contributed by atoms with Crippen LogP contribution in [-0.2, 0) is 17.8 Å². The number of hydrogen-bond donors (Lipinski definition) is 3. The summed E-state index contributed by atoms with van der Waals surface area (Å²) in [7, 11) is 0. The van der Waals surface area contributed by atoms with Crippen LogP contribution in [0.4, 0.5) is 5.69 Å². The molecule has 1 heterocycles. The lowest BCUT2D eigenvalue weighted by Gasteiger charge is -2.22. The van der Waals surface area contributed by atoms with Gasteiger partial charge in [-0.25, -0.2) is 0 Å². The molecule has 4 rings (SSSR count). The largest absolute Gasteiger partial charge is 0.361 e. The third-order valence-electron chi connectivity index (χ3n) is 5.75. The number of amides is 1. The minimum absolute atomic E-state index is 0.0321. The minimum Gasteiger partial charge on any atom is -0.361 e. The van der Waals surface area contributed by atoms with Crippen molar-refractivity contribution in [3.8, 4) is 0 Å². The average Bonchev–Trinajstić information content (AvgIpc) is 3.25. The number of hydrogen-bond acceptors (Lipinski definition) is 4. The highest BCUT2D eigenvalue weighted by atomic mass is 16.6. The highest BCUT2D eigenvalue weighted by molar-refractivity contribution is 5.86. The number of aromatic nitrogens is 1. The van der Waals surface area contributed by atoms with E-state index in [1.807, 2.05) is 73.8 Å². The summed E-state index contributed by atoms with van der Waals surface area (Å²) in [5, 5.41) is 18.6. The molecule has 3 N–H and O–H groups in total. The lowest BCUT2D eigenvalue weighted by Crippen LogP contribution is -2.46. The van der Waals surface area contributed by atoms with Crippen LogP contribution in [0, 0.1) is 10.1 Å². The highest BCUT2D eigenvalue weighted by Gasteiger charge is 2.22. The van der Waals surface area contributed by atoms with Gasteiger partial charge in [0.1, 0.15) is 0 Å². The number of nitro benzene ring substituents is 1. The molecule has 33 heavy (non-hydrogen) atoms. The molecule has 4 aromatic rings. The number of nitrogens with one attached hydrogen (secondary N) is 3. The van der Waals surface area contributed by atoms with E-state index in [9.17, 15) is 14.9 Å². The Balaban J connectivity index is 1.54. The zero-order valence-corrected chi connectivity index (χ0v) is 18.3. The molecular weight excluding hydrogens is 416 g/mol. The van der Waals surface area contributed by atoms with E-state index in [-0.39, 0.29) is 17.6 Å². The molecule has 1 aromatic heterocycles. The average molecular weight is 443 g/mol. The van der Waals surface area contributed by atoms with E-state index in [0.29, 0.717) is 13.0 Å². The maximum atomic E-state index is 13.3. The predicted molar refractivity (Wildman–Crippen MR) is 129 cm³/mol. The van der Waals surface area contributed by atoms with Crippen LogP contribution >= 0.6 is 0 Å². The van der Waals surface area contributed by atoms with Crippen LogP contribution in [0.2, 0.25) is 0 Å². The second kappa shape index (κ2) is 10.1. The number of benzene rings is 3. The molecule has 7 nitrogen and oxygen atoms in total. The number of H-pyrrole nitrogens is 1. The Morgan fingerprint density at radius 2 is 1.79 bits per heavy atom. The standard InChI is InChI=1S/C26H26N4O3/c1-18(20-9-3-2-4-10-20)29-26(31)25(15-21-17-28-24-13-6-5-12-23(21)24)27-16-19-8-7-11-22(14-19)30(32)33/h2-14,17-18,25,27-28H,15-16H2,1H3,(H,29,31)/t18-,25+/m1/s1. The van der Waals surface area contributed by atoms with Gasteiger partial charge in [-0.15, -0.1) is 0 Å². The minimum atomic E-state index is -0.519. The second-order valence-corrected chi connectivity index (χ2v) is 8.07. The molecule has 1 amide bonds. The molecule has 0 saturated heterocycles. The summed E-state index contributed by atoms with van der Waals surface area (Å²) < 4.78 is 0. The summed E-state index contributed by atoms with van der Waals surface area (Å²) in [5.74, 6) is -0.123. The van der Waals surface area contributed by atoms with Crippen molar-refractivity contribution in [1.29, 1.82) is 0 Å². The molecule has 168 valence electrons. The normalized spacial score (nSPS) is 12.9. The van der Waals surface area contributed by atoms with Gasteiger partial charge in [-0.2, -0.15) is 0 Å². The van der Waals surface area contributed by atoms with Crippen LogP contribution in [0.15, 0.2) is 85.1 Å². The number of nitro groups is 1. The molecule has 0 aliphatic heterocycles. The first kappa shape index (κ1) is 22.2. The lowest BCUT2D eigenvalue weighted by molar-refractivity contribution is -0.384. The van der Waals surface area contributed by atoms with Gasteiger partial charge in [0.25, 0.3) is 5.69 Å². The molecule has 0 bridgehead atoms. The quantitative estimate of drug-likeness (QED) is 0.259. The van der Waals surface area contributed by atoms with Gasteiger partial charge in [0.05, 0.1) is 17.0 Å². The summed E-state index contributed by atoms with van der Waals surface area (Å²) in [6, 6.07) is 23.6. The van der Waals surface area contributed by atoms with Crippen LogP contribution in [0.1, 0.15) is 29.7 Å². The first-order valence-corrected chi connectivity index (χ1v) is 10.9. The number of carbonyl (C=O) groups is 1. The van der Waals surface area contributed by atoms with Gasteiger partial charge in [-0.1, -0.05) is 60.7 Å². The van der Waals surface area contributed by atoms with Gasteiger partial charge in [-0.3, -0.25) is 14.9 Å². The summed E-state index contributed by atoms with van der Waals surface area (Å²) in [4.78, 5) is 27.2. The SMILES string of the molecule is C[C@@H](NC(=O)[C@H](Cc1c[nH]c2ccccc12)NCc1cccc([N+](=O)[O-])c1)c1ccccc1.